The van der Waals surface area contributed by atoms with Crippen LogP contribution in [0.5, 0.6) is 5.75 Å². The Morgan fingerprint density at radius 2 is 1.68 bits per heavy atom. The molecule has 0 amide bonds. The SMILES string of the molecule is CCc1ccc([N+]([O-])=Nc2ccc(OC)cc2)cc1. The van der Waals surface area contributed by atoms with Gasteiger partial charge >= 0.3 is 0 Å². The molecule has 0 saturated carbocycles. The number of nitrogens with zero attached hydrogens (tertiary/aromatic N) is 2. The monoisotopic (exact) mass is 256 g/mol. The summed E-state index contributed by atoms with van der Waals surface area (Å²) in [6.45, 7) is 2.08. The fraction of sp³-hybridized carbons (Fsp3) is 0.200. The normalized spacial score (nSPS) is 11.4. The van der Waals surface area contributed by atoms with Gasteiger partial charge in [0.1, 0.15) is 11.4 Å². The Labute approximate surface area is 112 Å². The topological polar surface area (TPSA) is 47.7 Å². The zero-order valence-corrected chi connectivity index (χ0v) is 11.0. The summed E-state index contributed by atoms with van der Waals surface area (Å²) in [5.74, 6) is 0.740. The van der Waals surface area contributed by atoms with Crippen LogP contribution in [0.15, 0.2) is 53.6 Å². The number of azo groups is 1. The van der Waals surface area contributed by atoms with E-state index in [0.717, 1.165) is 12.2 Å². The van der Waals surface area contributed by atoms with E-state index in [4.69, 9.17) is 4.74 Å². The van der Waals surface area contributed by atoms with Crippen molar-refractivity contribution in [3.05, 3.63) is 59.3 Å². The first-order valence-electron chi connectivity index (χ1n) is 6.15. The Morgan fingerprint density at radius 1 is 1.05 bits per heavy atom. The lowest BCUT2D eigenvalue weighted by Gasteiger charge is -2.02. The number of hydrogen-bond donors (Lipinski definition) is 0. The van der Waals surface area contributed by atoms with Crippen LogP contribution in [0.4, 0.5) is 11.4 Å². The Morgan fingerprint density at radius 3 is 2.21 bits per heavy atom. The molecule has 0 unspecified atom stereocenters. The van der Waals surface area contributed by atoms with E-state index >= 15 is 0 Å². The zero-order chi connectivity index (χ0) is 13.7. The van der Waals surface area contributed by atoms with E-state index in [1.54, 1.807) is 43.5 Å². The second kappa shape index (κ2) is 6.00. The van der Waals surface area contributed by atoms with Gasteiger partial charge in [0, 0.05) is 17.2 Å². The maximum Gasteiger partial charge on any atom is 0.244 e. The second-order valence-electron chi connectivity index (χ2n) is 4.09. The highest BCUT2D eigenvalue weighted by atomic mass is 16.5. The number of aryl methyl sites for hydroxylation is 1. The fourth-order valence-electron chi connectivity index (χ4n) is 1.67. The Kier molecular flexibility index (Phi) is 4.13. The van der Waals surface area contributed by atoms with Crippen molar-refractivity contribution >= 4 is 11.4 Å². The van der Waals surface area contributed by atoms with Gasteiger partial charge in [-0.15, -0.1) is 0 Å². The summed E-state index contributed by atoms with van der Waals surface area (Å²) in [5, 5.41) is 15.9. The van der Waals surface area contributed by atoms with Crippen LogP contribution in [0.2, 0.25) is 0 Å². The molecule has 0 aromatic heterocycles. The third-order valence-corrected chi connectivity index (χ3v) is 2.84. The summed E-state index contributed by atoms with van der Waals surface area (Å²) >= 11 is 0. The molecule has 0 fully saturated rings. The second-order valence-corrected chi connectivity index (χ2v) is 4.09. The highest BCUT2D eigenvalue weighted by molar-refractivity contribution is 5.40. The molecule has 0 N–H and O–H groups in total. The largest absolute Gasteiger partial charge is 0.594 e. The fourth-order valence-corrected chi connectivity index (χ4v) is 1.67. The third-order valence-electron chi connectivity index (χ3n) is 2.84. The standard InChI is InChI=1S/C15H16N2O2/c1-3-12-4-8-14(9-5-12)17(18)16-13-6-10-15(19-2)11-7-13/h4-11H,3H2,1-2H3. The van der Waals surface area contributed by atoms with Crippen LogP contribution in [0, 0.1) is 5.21 Å². The van der Waals surface area contributed by atoms with Crippen molar-refractivity contribution in [2.24, 2.45) is 5.11 Å². The minimum absolute atomic E-state index is 0.521. The maximum absolute atomic E-state index is 11.9. The van der Waals surface area contributed by atoms with Gasteiger partial charge in [0.2, 0.25) is 5.69 Å². The molecule has 0 radical (unpaired) electrons. The van der Waals surface area contributed by atoms with Gasteiger partial charge in [-0.2, -0.15) is 0 Å². The lowest BCUT2D eigenvalue weighted by atomic mass is 10.2. The summed E-state index contributed by atoms with van der Waals surface area (Å²) in [7, 11) is 1.60. The van der Waals surface area contributed by atoms with Crippen LogP contribution in [-0.4, -0.2) is 12.0 Å². The smallest absolute Gasteiger partial charge is 0.244 e. The molecule has 2 rings (SSSR count). The molecule has 0 aliphatic rings. The lowest BCUT2D eigenvalue weighted by Crippen LogP contribution is -1.91. The molecule has 0 spiro atoms. The van der Waals surface area contributed by atoms with Crippen molar-refractivity contribution in [3.8, 4) is 5.75 Å². The molecule has 4 heteroatoms. The van der Waals surface area contributed by atoms with Crippen LogP contribution in [0.25, 0.3) is 0 Å². The minimum atomic E-state index is 0.521. The minimum Gasteiger partial charge on any atom is -0.594 e. The van der Waals surface area contributed by atoms with E-state index in [0.29, 0.717) is 16.2 Å². The number of benzene rings is 2. The predicted octanol–water partition coefficient (Wildman–Crippen LogP) is 4.18. The van der Waals surface area contributed by atoms with Crippen LogP contribution >= 0.6 is 0 Å². The van der Waals surface area contributed by atoms with Crippen molar-refractivity contribution in [1.29, 1.82) is 0 Å². The average Bonchev–Trinajstić information content (AvgIpc) is 2.48. The van der Waals surface area contributed by atoms with Gasteiger partial charge in [0.05, 0.1) is 7.11 Å². The Hall–Kier alpha value is -2.36. The maximum atomic E-state index is 11.9. The first-order chi connectivity index (χ1) is 9.22. The summed E-state index contributed by atoms with van der Waals surface area (Å²) in [4.78, 5) is 0.626. The van der Waals surface area contributed by atoms with Gasteiger partial charge in [-0.05, 0) is 36.2 Å². The zero-order valence-electron chi connectivity index (χ0n) is 11.0. The van der Waals surface area contributed by atoms with Crippen LogP contribution < -0.4 is 4.74 Å². The summed E-state index contributed by atoms with van der Waals surface area (Å²) < 4.78 is 5.05. The molecular formula is C15H16N2O2. The van der Waals surface area contributed by atoms with Crippen molar-refractivity contribution in [2.75, 3.05) is 7.11 Å². The number of hydrogen-bond acceptors (Lipinski definition) is 3. The van der Waals surface area contributed by atoms with E-state index in [-0.39, 0.29) is 0 Å². The average molecular weight is 256 g/mol. The highest BCUT2D eigenvalue weighted by Crippen LogP contribution is 2.20. The molecular weight excluding hydrogens is 240 g/mol. The third kappa shape index (κ3) is 3.31. The molecule has 0 aliphatic carbocycles. The first kappa shape index (κ1) is 13.1. The molecule has 4 nitrogen and oxygen atoms in total. The number of methoxy groups -OCH3 is 1. The first-order valence-corrected chi connectivity index (χ1v) is 6.15. The van der Waals surface area contributed by atoms with Crippen molar-refractivity contribution < 1.29 is 9.60 Å². The van der Waals surface area contributed by atoms with Crippen molar-refractivity contribution in [3.63, 3.8) is 0 Å². The van der Waals surface area contributed by atoms with E-state index in [1.807, 2.05) is 12.1 Å². The molecule has 98 valence electrons. The molecule has 0 saturated heterocycles. The molecule has 0 bridgehead atoms. The van der Waals surface area contributed by atoms with Gasteiger partial charge < -0.3 is 9.94 Å². The van der Waals surface area contributed by atoms with Gasteiger partial charge in [0.15, 0.2) is 0 Å². The predicted molar refractivity (Wildman–Crippen MR) is 74.2 cm³/mol. The quantitative estimate of drug-likeness (QED) is 0.468. The van der Waals surface area contributed by atoms with E-state index in [1.165, 1.54) is 5.56 Å². The van der Waals surface area contributed by atoms with E-state index in [9.17, 15) is 5.21 Å². The van der Waals surface area contributed by atoms with Crippen molar-refractivity contribution in [1.82, 2.24) is 0 Å². The van der Waals surface area contributed by atoms with Crippen molar-refractivity contribution in [2.45, 2.75) is 13.3 Å². The Bertz CT molecular complexity index is 560. The van der Waals surface area contributed by atoms with Gasteiger partial charge in [-0.1, -0.05) is 23.9 Å². The van der Waals surface area contributed by atoms with Crippen LogP contribution in [0.3, 0.4) is 0 Å². The summed E-state index contributed by atoms with van der Waals surface area (Å²) in [6, 6.07) is 14.4. The number of rotatable bonds is 4. The molecule has 0 aliphatic heterocycles. The molecule has 0 heterocycles. The summed E-state index contributed by atoms with van der Waals surface area (Å²) in [5.41, 5.74) is 2.31. The van der Waals surface area contributed by atoms with Gasteiger partial charge in [-0.3, -0.25) is 0 Å². The molecule has 19 heavy (non-hydrogen) atoms. The lowest BCUT2D eigenvalue weighted by molar-refractivity contribution is -0.435. The number of ether oxygens (including phenoxy) is 1. The molecule has 2 aromatic carbocycles. The van der Waals surface area contributed by atoms with Crippen LogP contribution in [0.1, 0.15) is 12.5 Å². The highest BCUT2D eigenvalue weighted by Gasteiger charge is 2.04. The molecule has 0 atom stereocenters. The van der Waals surface area contributed by atoms with Gasteiger partial charge in [0.25, 0.3) is 0 Å². The van der Waals surface area contributed by atoms with Crippen LogP contribution in [-0.2, 0) is 6.42 Å². The van der Waals surface area contributed by atoms with E-state index in [2.05, 4.69) is 12.0 Å². The molecule has 2 aromatic rings. The Balaban J connectivity index is 2.20. The summed E-state index contributed by atoms with van der Waals surface area (Å²) in [6.07, 6.45) is 0.953. The van der Waals surface area contributed by atoms with E-state index < -0.39 is 0 Å². The van der Waals surface area contributed by atoms with Gasteiger partial charge in [-0.25, -0.2) is 0 Å².